The Labute approximate surface area is 143 Å². The molecule has 0 fully saturated rings. The van der Waals surface area contributed by atoms with Crippen LogP contribution in [0.1, 0.15) is 30.3 Å². The maximum Gasteiger partial charge on any atom is 0.416 e. The number of amides is 2. The van der Waals surface area contributed by atoms with Crippen LogP contribution in [-0.2, 0) is 11.0 Å². The summed E-state index contributed by atoms with van der Waals surface area (Å²) in [4.78, 5) is 23.0. The number of alkyl halides is 3. The van der Waals surface area contributed by atoms with E-state index in [1.54, 1.807) is 0 Å². The van der Waals surface area contributed by atoms with Gasteiger partial charge in [-0.3, -0.25) is 9.59 Å². The van der Waals surface area contributed by atoms with Crippen LogP contribution in [-0.4, -0.2) is 11.8 Å². The zero-order valence-corrected chi connectivity index (χ0v) is 12.6. The van der Waals surface area contributed by atoms with Crippen molar-refractivity contribution in [2.45, 2.75) is 20.5 Å². The molecule has 0 saturated carbocycles. The van der Waals surface area contributed by atoms with E-state index in [2.05, 4.69) is 10.6 Å². The number of benzene rings is 2. The van der Waals surface area contributed by atoms with Gasteiger partial charge in [0.2, 0.25) is 5.91 Å². The van der Waals surface area contributed by atoms with Crippen molar-refractivity contribution in [1.29, 1.82) is 0 Å². The number of nitrogens with two attached hydrogens (primary N) is 1. The van der Waals surface area contributed by atoms with E-state index in [1.165, 1.54) is 31.2 Å². The lowest BCUT2D eigenvalue weighted by Crippen LogP contribution is -2.14. The number of nitrogen functional groups attached to an aromatic ring is 1. The zero-order chi connectivity index (χ0) is 17.9. The van der Waals surface area contributed by atoms with Gasteiger partial charge in [-0.15, -0.1) is 0 Å². The third-order valence-corrected chi connectivity index (χ3v) is 3.09. The largest absolute Gasteiger partial charge is 0.416 e. The monoisotopic (exact) mass is 353 g/mol. The second-order valence-corrected chi connectivity index (χ2v) is 5.01. The topological polar surface area (TPSA) is 84.2 Å². The Kier molecular flexibility index (Phi) is 6.16. The molecule has 0 heterocycles. The van der Waals surface area contributed by atoms with Crippen molar-refractivity contribution in [1.82, 2.24) is 0 Å². The Hall–Kier alpha value is -3.03. The molecule has 2 aromatic carbocycles. The van der Waals surface area contributed by atoms with Gasteiger partial charge in [0.1, 0.15) is 0 Å². The molecule has 2 amide bonds. The molecule has 0 saturated heterocycles. The Morgan fingerprint density at radius 3 is 2.08 bits per heavy atom. The molecule has 0 bridgehead atoms. The molecule has 0 spiro atoms. The predicted octanol–water partition coefficient (Wildman–Crippen LogP) is 4.13. The van der Waals surface area contributed by atoms with Crippen molar-refractivity contribution in [3.05, 3.63) is 53.6 Å². The normalized spacial score (nSPS) is 10.6. The fraction of sp³-hybridized carbons (Fsp3) is 0.176. The lowest BCUT2D eigenvalue weighted by Gasteiger charge is -2.12. The van der Waals surface area contributed by atoms with Gasteiger partial charge < -0.3 is 16.4 Å². The first-order valence-electron chi connectivity index (χ1n) is 6.82. The molecule has 0 atom stereocenters. The molecule has 8 heteroatoms. The number of anilines is 3. The smallest absolute Gasteiger partial charge is 0.397 e. The number of hydrogen-bond donors (Lipinski definition) is 3. The molecule has 134 valence electrons. The molecule has 4 N–H and O–H groups in total. The lowest BCUT2D eigenvalue weighted by atomic mass is 10.1. The van der Waals surface area contributed by atoms with Gasteiger partial charge in [0.15, 0.2) is 0 Å². The van der Waals surface area contributed by atoms with Gasteiger partial charge in [0.05, 0.1) is 16.9 Å². The summed E-state index contributed by atoms with van der Waals surface area (Å²) in [6, 6.07) is 8.71. The molecule has 0 aromatic heterocycles. The molecular formula is C17H18F3N3O2. The highest BCUT2D eigenvalue weighted by molar-refractivity contribution is 6.06. The van der Waals surface area contributed by atoms with Crippen molar-refractivity contribution in [3.63, 3.8) is 0 Å². The summed E-state index contributed by atoms with van der Waals surface area (Å²) in [7, 11) is 0. The van der Waals surface area contributed by atoms with Gasteiger partial charge >= 0.3 is 6.18 Å². The number of nitrogens with one attached hydrogen (secondary N) is 2. The second-order valence-electron chi connectivity index (χ2n) is 5.01. The molecule has 0 unspecified atom stereocenters. The van der Waals surface area contributed by atoms with Crippen LogP contribution < -0.4 is 16.4 Å². The van der Waals surface area contributed by atoms with E-state index in [-0.39, 0.29) is 30.3 Å². The predicted molar refractivity (Wildman–Crippen MR) is 91.3 cm³/mol. The molecule has 2 aromatic rings. The van der Waals surface area contributed by atoms with Gasteiger partial charge in [-0.2, -0.15) is 13.2 Å². The summed E-state index contributed by atoms with van der Waals surface area (Å²) >= 11 is 0. The van der Waals surface area contributed by atoms with Crippen molar-refractivity contribution in [2.75, 3.05) is 16.4 Å². The van der Waals surface area contributed by atoms with Crippen LogP contribution in [0.25, 0.3) is 0 Å². The van der Waals surface area contributed by atoms with Crippen LogP contribution in [0.2, 0.25) is 0 Å². The van der Waals surface area contributed by atoms with Gasteiger partial charge in [-0.25, -0.2) is 0 Å². The lowest BCUT2D eigenvalue weighted by molar-refractivity contribution is -0.137. The van der Waals surface area contributed by atoms with E-state index in [9.17, 15) is 22.8 Å². The quantitative estimate of drug-likeness (QED) is 0.725. The Bertz CT molecular complexity index is 772. The van der Waals surface area contributed by atoms with E-state index < -0.39 is 17.6 Å². The number of carbonyl (C=O) groups excluding carboxylic acids is 2. The van der Waals surface area contributed by atoms with Gasteiger partial charge in [-0.1, -0.05) is 7.43 Å². The van der Waals surface area contributed by atoms with Crippen LogP contribution >= 0.6 is 0 Å². The minimum absolute atomic E-state index is 0. The molecule has 0 aliphatic rings. The summed E-state index contributed by atoms with van der Waals surface area (Å²) in [5, 5.41) is 5.00. The van der Waals surface area contributed by atoms with E-state index in [4.69, 9.17) is 5.73 Å². The van der Waals surface area contributed by atoms with Crippen LogP contribution in [0.4, 0.5) is 30.2 Å². The molecule has 0 aliphatic heterocycles. The Morgan fingerprint density at radius 2 is 1.60 bits per heavy atom. The van der Waals surface area contributed by atoms with Crippen molar-refractivity contribution < 1.29 is 22.8 Å². The van der Waals surface area contributed by atoms with E-state index in [1.807, 2.05) is 0 Å². The summed E-state index contributed by atoms with van der Waals surface area (Å²) in [5.41, 5.74) is 5.35. The third-order valence-electron chi connectivity index (χ3n) is 3.09. The minimum Gasteiger partial charge on any atom is -0.397 e. The van der Waals surface area contributed by atoms with E-state index in [0.717, 1.165) is 18.2 Å². The molecule has 0 radical (unpaired) electrons. The van der Waals surface area contributed by atoms with Crippen LogP contribution in [0.3, 0.4) is 0 Å². The SMILES string of the molecule is C.CC(=O)Nc1ccc(C(=O)Nc2ccc(C(F)(F)F)cc2N)cc1. The van der Waals surface area contributed by atoms with Gasteiger partial charge in [0.25, 0.3) is 5.91 Å². The van der Waals surface area contributed by atoms with E-state index >= 15 is 0 Å². The fourth-order valence-corrected chi connectivity index (χ4v) is 1.96. The fourth-order valence-electron chi connectivity index (χ4n) is 1.96. The molecular weight excluding hydrogens is 335 g/mol. The minimum atomic E-state index is -4.50. The highest BCUT2D eigenvalue weighted by Crippen LogP contribution is 2.32. The molecule has 5 nitrogen and oxygen atoms in total. The van der Waals surface area contributed by atoms with Crippen LogP contribution in [0, 0.1) is 0 Å². The van der Waals surface area contributed by atoms with Crippen molar-refractivity contribution in [3.8, 4) is 0 Å². The number of rotatable bonds is 3. The average Bonchev–Trinajstić information content (AvgIpc) is 2.48. The molecule has 2 rings (SSSR count). The standard InChI is InChI=1S/C16H14F3N3O2.CH4/c1-9(23)21-12-5-2-10(3-6-12)15(24)22-14-7-4-11(8-13(14)20)16(17,18)19;/h2-8H,20H2,1H3,(H,21,23)(H,22,24);1H4. The third kappa shape index (κ3) is 5.23. The Balaban J connectivity index is 0.00000312. The summed E-state index contributed by atoms with van der Waals surface area (Å²) in [5.74, 6) is -0.777. The first-order valence-corrected chi connectivity index (χ1v) is 6.82. The number of halogens is 3. The highest BCUT2D eigenvalue weighted by atomic mass is 19.4. The molecule has 0 aliphatic carbocycles. The Morgan fingerprint density at radius 1 is 1.00 bits per heavy atom. The van der Waals surface area contributed by atoms with Crippen molar-refractivity contribution >= 4 is 28.9 Å². The first-order chi connectivity index (χ1) is 11.2. The summed E-state index contributed by atoms with van der Waals surface area (Å²) in [6.45, 7) is 1.36. The maximum atomic E-state index is 12.6. The number of hydrogen-bond acceptors (Lipinski definition) is 3. The first kappa shape index (κ1) is 20.0. The summed E-state index contributed by atoms with van der Waals surface area (Å²) in [6.07, 6.45) is -4.50. The second kappa shape index (κ2) is 7.69. The highest BCUT2D eigenvalue weighted by Gasteiger charge is 2.30. The van der Waals surface area contributed by atoms with Crippen LogP contribution in [0.5, 0.6) is 0 Å². The maximum absolute atomic E-state index is 12.6. The van der Waals surface area contributed by atoms with Gasteiger partial charge in [-0.05, 0) is 42.5 Å². The van der Waals surface area contributed by atoms with E-state index in [0.29, 0.717) is 5.69 Å². The van der Waals surface area contributed by atoms with Gasteiger partial charge in [0, 0.05) is 18.2 Å². The van der Waals surface area contributed by atoms with Crippen LogP contribution in [0.15, 0.2) is 42.5 Å². The average molecular weight is 353 g/mol. The molecule has 25 heavy (non-hydrogen) atoms. The van der Waals surface area contributed by atoms with Crippen molar-refractivity contribution in [2.24, 2.45) is 0 Å². The number of carbonyl (C=O) groups is 2. The summed E-state index contributed by atoms with van der Waals surface area (Å²) < 4.78 is 37.7. The zero-order valence-electron chi connectivity index (χ0n) is 12.6.